The summed E-state index contributed by atoms with van der Waals surface area (Å²) in [6.07, 6.45) is 3.25. The molecule has 2 rings (SSSR count). The minimum atomic E-state index is -0.00970. The van der Waals surface area contributed by atoms with Crippen LogP contribution in [-0.4, -0.2) is 31.0 Å². The van der Waals surface area contributed by atoms with Gasteiger partial charge < -0.3 is 15.4 Å². The summed E-state index contributed by atoms with van der Waals surface area (Å²) in [5.41, 5.74) is 8.59. The minimum absolute atomic E-state index is 0.00970. The smallest absolute Gasteiger partial charge is 0.260 e. The lowest BCUT2D eigenvalue weighted by Crippen LogP contribution is -2.31. The Bertz CT molecular complexity index is 459. The van der Waals surface area contributed by atoms with Gasteiger partial charge in [0.15, 0.2) is 6.61 Å². The summed E-state index contributed by atoms with van der Waals surface area (Å²) in [6, 6.07) is 6.08. The molecule has 0 saturated heterocycles. The third-order valence-electron chi connectivity index (χ3n) is 3.74. The van der Waals surface area contributed by atoms with Gasteiger partial charge in [-0.15, -0.1) is 0 Å². The molecule has 0 spiro atoms. The number of aryl methyl sites for hydroxylation is 1. The molecule has 2 N–H and O–H groups in total. The number of benzene rings is 1. The first kappa shape index (κ1) is 13.9. The predicted octanol–water partition coefficient (Wildman–Crippen LogP) is 1.88. The van der Waals surface area contributed by atoms with Crippen molar-refractivity contribution in [3.8, 4) is 5.75 Å². The maximum Gasteiger partial charge on any atom is 0.260 e. The number of likely N-dealkylation sites (N-methyl/N-ethyl adjacent to an activating group) is 1. The summed E-state index contributed by atoms with van der Waals surface area (Å²) in [5, 5.41) is 0. The van der Waals surface area contributed by atoms with Crippen molar-refractivity contribution in [3.63, 3.8) is 0 Å². The molecule has 0 radical (unpaired) electrons. The molecule has 1 aromatic carbocycles. The first-order valence-corrected chi connectivity index (χ1v) is 6.87. The fraction of sp³-hybridized carbons (Fsp3) is 0.533. The Morgan fingerprint density at radius 2 is 2.32 bits per heavy atom. The molecule has 0 aromatic heterocycles. The number of carbonyl (C=O) groups excluding carboxylic acids is 1. The van der Waals surface area contributed by atoms with Crippen molar-refractivity contribution in [2.45, 2.75) is 32.2 Å². The van der Waals surface area contributed by atoms with Crippen molar-refractivity contribution in [3.05, 3.63) is 29.3 Å². The number of carbonyl (C=O) groups is 1. The second-order valence-corrected chi connectivity index (χ2v) is 5.06. The number of hydrogen-bond acceptors (Lipinski definition) is 3. The van der Waals surface area contributed by atoms with Gasteiger partial charge in [0.2, 0.25) is 0 Å². The molecule has 0 heterocycles. The van der Waals surface area contributed by atoms with Crippen LogP contribution >= 0.6 is 0 Å². The molecule has 4 nitrogen and oxygen atoms in total. The molecule has 4 heteroatoms. The number of hydrogen-bond donors (Lipinski definition) is 1. The first-order valence-electron chi connectivity index (χ1n) is 6.87. The largest absolute Gasteiger partial charge is 0.484 e. The zero-order valence-electron chi connectivity index (χ0n) is 11.7. The highest BCUT2D eigenvalue weighted by Gasteiger charge is 2.17. The molecular formula is C15H22N2O2. The van der Waals surface area contributed by atoms with Crippen molar-refractivity contribution in [2.75, 3.05) is 20.2 Å². The summed E-state index contributed by atoms with van der Waals surface area (Å²) in [6.45, 7) is 2.71. The highest BCUT2D eigenvalue weighted by molar-refractivity contribution is 5.77. The Hall–Kier alpha value is -1.55. The highest BCUT2D eigenvalue weighted by atomic mass is 16.5. The van der Waals surface area contributed by atoms with Gasteiger partial charge in [-0.2, -0.15) is 0 Å². The fourth-order valence-electron chi connectivity index (χ4n) is 2.34. The van der Waals surface area contributed by atoms with Crippen LogP contribution in [0.25, 0.3) is 0 Å². The lowest BCUT2D eigenvalue weighted by Gasteiger charge is -2.23. The quantitative estimate of drug-likeness (QED) is 0.901. The monoisotopic (exact) mass is 262 g/mol. The standard InChI is InChI=1S/C15H22N2O2/c1-3-17(2)15(18)10-19-12-8-7-11-5-4-6-14(16)13(11)9-12/h7-9,14H,3-6,10,16H2,1-2H3/t14-/m1/s1. The van der Waals surface area contributed by atoms with E-state index in [4.69, 9.17) is 10.5 Å². The van der Waals surface area contributed by atoms with Gasteiger partial charge in [-0.25, -0.2) is 0 Å². The number of ether oxygens (including phenoxy) is 1. The van der Waals surface area contributed by atoms with Gasteiger partial charge in [-0.3, -0.25) is 4.79 Å². The maximum absolute atomic E-state index is 11.7. The van der Waals surface area contributed by atoms with Crippen molar-refractivity contribution >= 4 is 5.91 Å². The van der Waals surface area contributed by atoms with Crippen LogP contribution in [0.2, 0.25) is 0 Å². The molecule has 1 aliphatic carbocycles. The van der Waals surface area contributed by atoms with E-state index in [2.05, 4.69) is 6.07 Å². The SMILES string of the molecule is CCN(C)C(=O)COc1ccc2c(c1)[C@H](N)CCC2. The van der Waals surface area contributed by atoms with Crippen molar-refractivity contribution in [1.29, 1.82) is 0 Å². The molecule has 0 fully saturated rings. The summed E-state index contributed by atoms with van der Waals surface area (Å²) in [7, 11) is 1.77. The van der Waals surface area contributed by atoms with Gasteiger partial charge in [-0.1, -0.05) is 6.07 Å². The van der Waals surface area contributed by atoms with Crippen LogP contribution in [0.15, 0.2) is 18.2 Å². The molecule has 1 atom stereocenters. The molecule has 19 heavy (non-hydrogen) atoms. The van der Waals surface area contributed by atoms with E-state index in [0.717, 1.165) is 25.0 Å². The normalized spacial score (nSPS) is 17.7. The van der Waals surface area contributed by atoms with Crippen LogP contribution in [-0.2, 0) is 11.2 Å². The summed E-state index contributed by atoms with van der Waals surface area (Å²) in [4.78, 5) is 13.3. The van der Waals surface area contributed by atoms with Crippen LogP contribution in [0.3, 0.4) is 0 Å². The Morgan fingerprint density at radius 1 is 1.53 bits per heavy atom. The third-order valence-corrected chi connectivity index (χ3v) is 3.74. The minimum Gasteiger partial charge on any atom is -0.484 e. The molecule has 0 unspecified atom stereocenters. The second kappa shape index (κ2) is 6.06. The lowest BCUT2D eigenvalue weighted by molar-refractivity contribution is -0.131. The molecule has 1 aromatic rings. The average molecular weight is 262 g/mol. The zero-order chi connectivity index (χ0) is 13.8. The van der Waals surface area contributed by atoms with Gasteiger partial charge in [0.1, 0.15) is 5.75 Å². The molecule has 104 valence electrons. The van der Waals surface area contributed by atoms with Crippen LogP contribution in [0.4, 0.5) is 0 Å². The van der Waals surface area contributed by atoms with Crippen molar-refractivity contribution in [2.24, 2.45) is 5.73 Å². The predicted molar refractivity (Wildman–Crippen MR) is 75.1 cm³/mol. The molecule has 0 aliphatic heterocycles. The molecular weight excluding hydrogens is 240 g/mol. The van der Waals surface area contributed by atoms with Crippen LogP contribution in [0.1, 0.15) is 36.9 Å². The maximum atomic E-state index is 11.7. The van der Waals surface area contributed by atoms with E-state index in [0.29, 0.717) is 6.54 Å². The van der Waals surface area contributed by atoms with Gasteiger partial charge in [-0.05, 0) is 49.4 Å². The van der Waals surface area contributed by atoms with E-state index in [1.54, 1.807) is 11.9 Å². The topological polar surface area (TPSA) is 55.6 Å². The molecule has 1 aliphatic rings. The zero-order valence-corrected chi connectivity index (χ0v) is 11.7. The van der Waals surface area contributed by atoms with Crippen LogP contribution < -0.4 is 10.5 Å². The lowest BCUT2D eigenvalue weighted by atomic mass is 9.88. The Morgan fingerprint density at radius 3 is 3.05 bits per heavy atom. The number of rotatable bonds is 4. The Labute approximate surface area is 114 Å². The number of nitrogens with zero attached hydrogens (tertiary/aromatic N) is 1. The summed E-state index contributed by atoms with van der Waals surface area (Å²) >= 11 is 0. The number of nitrogens with two attached hydrogens (primary N) is 1. The van der Waals surface area contributed by atoms with Crippen molar-refractivity contribution in [1.82, 2.24) is 4.90 Å². The number of amides is 1. The van der Waals surface area contributed by atoms with E-state index in [1.165, 1.54) is 11.1 Å². The fourth-order valence-corrected chi connectivity index (χ4v) is 2.34. The number of fused-ring (bicyclic) bond motifs is 1. The van der Waals surface area contributed by atoms with E-state index in [9.17, 15) is 4.79 Å². The van der Waals surface area contributed by atoms with Gasteiger partial charge >= 0.3 is 0 Å². The average Bonchev–Trinajstić information content (AvgIpc) is 2.44. The Kier molecular flexibility index (Phi) is 4.43. The van der Waals surface area contributed by atoms with Crippen LogP contribution in [0, 0.1) is 0 Å². The summed E-state index contributed by atoms with van der Waals surface area (Å²) in [5.74, 6) is 0.721. The molecule has 0 bridgehead atoms. The van der Waals surface area contributed by atoms with Gasteiger partial charge in [0, 0.05) is 19.6 Å². The summed E-state index contributed by atoms with van der Waals surface area (Å²) < 4.78 is 5.56. The first-order chi connectivity index (χ1) is 9.11. The van der Waals surface area contributed by atoms with E-state index in [-0.39, 0.29) is 18.6 Å². The molecule has 0 saturated carbocycles. The van der Waals surface area contributed by atoms with E-state index < -0.39 is 0 Å². The van der Waals surface area contributed by atoms with Crippen molar-refractivity contribution < 1.29 is 9.53 Å². The van der Waals surface area contributed by atoms with E-state index in [1.807, 2.05) is 19.1 Å². The highest BCUT2D eigenvalue weighted by Crippen LogP contribution is 2.30. The molecule has 1 amide bonds. The van der Waals surface area contributed by atoms with Crippen LogP contribution in [0.5, 0.6) is 5.75 Å². The second-order valence-electron chi connectivity index (χ2n) is 5.06. The Balaban J connectivity index is 2.02. The van der Waals surface area contributed by atoms with Gasteiger partial charge in [0.25, 0.3) is 5.91 Å². The third kappa shape index (κ3) is 3.26. The van der Waals surface area contributed by atoms with E-state index >= 15 is 0 Å². The van der Waals surface area contributed by atoms with Gasteiger partial charge in [0.05, 0.1) is 0 Å².